The Balaban J connectivity index is 1.84. The number of aryl methyl sites for hydroxylation is 2. The van der Waals surface area contributed by atoms with Crippen molar-refractivity contribution >= 4 is 10.2 Å². The van der Waals surface area contributed by atoms with Gasteiger partial charge in [-0.25, -0.2) is 0 Å². The lowest BCUT2D eigenvalue weighted by atomic mass is 9.76. The molecule has 5 nitrogen and oxygen atoms in total. The zero-order chi connectivity index (χ0) is 18.0. The summed E-state index contributed by atoms with van der Waals surface area (Å²) in [7, 11) is -1.36. The first-order chi connectivity index (χ1) is 11.1. The van der Waals surface area contributed by atoms with Crippen molar-refractivity contribution in [2.75, 3.05) is 13.1 Å². The van der Waals surface area contributed by atoms with Gasteiger partial charge in [0.1, 0.15) is 0 Å². The van der Waals surface area contributed by atoms with E-state index >= 15 is 0 Å². The highest BCUT2D eigenvalue weighted by Gasteiger charge is 2.33. The second-order valence-electron chi connectivity index (χ2n) is 8.21. The standard InChI is InChI=1S/C18H33N3O2S/c1-15(8-9-17-7-6-12-20(17)5)19-24(22,23)21-13-10-16(11-14-21)18(2,3)4/h6-7,12,15-16,19H,8-11,13-14H2,1-5H3. The summed E-state index contributed by atoms with van der Waals surface area (Å²) in [5, 5.41) is 0. The number of hydrogen-bond acceptors (Lipinski definition) is 2. The third-order valence-corrected chi connectivity index (χ3v) is 7.00. The van der Waals surface area contributed by atoms with Crippen LogP contribution in [-0.4, -0.2) is 36.4 Å². The van der Waals surface area contributed by atoms with E-state index in [-0.39, 0.29) is 11.5 Å². The van der Waals surface area contributed by atoms with Crippen molar-refractivity contribution in [2.24, 2.45) is 18.4 Å². The van der Waals surface area contributed by atoms with E-state index in [9.17, 15) is 8.42 Å². The molecule has 138 valence electrons. The van der Waals surface area contributed by atoms with Crippen LogP contribution in [0, 0.1) is 11.3 Å². The van der Waals surface area contributed by atoms with Crippen LogP contribution >= 0.6 is 0 Å². The molecule has 1 saturated heterocycles. The molecule has 6 heteroatoms. The van der Waals surface area contributed by atoms with Crippen LogP contribution < -0.4 is 4.72 Å². The summed E-state index contributed by atoms with van der Waals surface area (Å²) in [5.41, 5.74) is 1.48. The van der Waals surface area contributed by atoms with Crippen LogP contribution in [-0.2, 0) is 23.7 Å². The third kappa shape index (κ3) is 5.07. The Hall–Kier alpha value is -0.850. The molecule has 0 bridgehead atoms. The molecule has 1 aliphatic rings. The zero-order valence-corrected chi connectivity index (χ0v) is 16.6. The van der Waals surface area contributed by atoms with Crippen molar-refractivity contribution in [1.29, 1.82) is 0 Å². The highest BCUT2D eigenvalue weighted by Crippen LogP contribution is 2.34. The van der Waals surface area contributed by atoms with Crippen molar-refractivity contribution < 1.29 is 8.42 Å². The maximum atomic E-state index is 12.6. The SMILES string of the molecule is CC(CCc1cccn1C)NS(=O)(=O)N1CCC(C(C)(C)C)CC1. The van der Waals surface area contributed by atoms with Gasteiger partial charge in [0.25, 0.3) is 10.2 Å². The molecule has 1 aliphatic heterocycles. The van der Waals surface area contributed by atoms with Crippen LogP contribution in [0.1, 0.15) is 52.7 Å². The van der Waals surface area contributed by atoms with Gasteiger partial charge in [-0.1, -0.05) is 20.8 Å². The minimum absolute atomic E-state index is 0.0646. The minimum atomic E-state index is -3.38. The Labute approximate surface area is 147 Å². The summed E-state index contributed by atoms with van der Waals surface area (Å²) in [4.78, 5) is 0. The average Bonchev–Trinajstić information content (AvgIpc) is 2.89. The molecule has 0 amide bonds. The third-order valence-electron chi connectivity index (χ3n) is 5.25. The highest BCUT2D eigenvalue weighted by atomic mass is 32.2. The van der Waals surface area contributed by atoms with E-state index in [4.69, 9.17) is 0 Å². The summed E-state index contributed by atoms with van der Waals surface area (Å²) < 4.78 is 31.7. The lowest BCUT2D eigenvalue weighted by Crippen LogP contribution is -2.48. The van der Waals surface area contributed by atoms with Crippen LogP contribution in [0.4, 0.5) is 0 Å². The fourth-order valence-electron chi connectivity index (χ4n) is 3.47. The van der Waals surface area contributed by atoms with E-state index in [1.165, 1.54) is 5.69 Å². The van der Waals surface area contributed by atoms with E-state index in [2.05, 4.69) is 36.1 Å². The van der Waals surface area contributed by atoms with Crippen molar-refractivity contribution in [3.63, 3.8) is 0 Å². The molecule has 1 atom stereocenters. The van der Waals surface area contributed by atoms with Crippen molar-refractivity contribution in [3.8, 4) is 0 Å². The first kappa shape index (κ1) is 19.5. The molecular weight excluding hydrogens is 322 g/mol. The zero-order valence-electron chi connectivity index (χ0n) is 15.7. The average molecular weight is 356 g/mol. The molecule has 2 rings (SSSR count). The van der Waals surface area contributed by atoms with Crippen LogP contribution in [0.3, 0.4) is 0 Å². The number of hydrogen-bond donors (Lipinski definition) is 1. The van der Waals surface area contributed by atoms with Crippen LogP contribution in [0.25, 0.3) is 0 Å². The molecule has 0 saturated carbocycles. The highest BCUT2D eigenvalue weighted by molar-refractivity contribution is 7.87. The fourth-order valence-corrected chi connectivity index (χ4v) is 4.94. The molecule has 0 radical (unpaired) electrons. The molecule has 1 unspecified atom stereocenters. The van der Waals surface area contributed by atoms with Gasteiger partial charge in [0, 0.05) is 38.1 Å². The molecule has 0 aromatic carbocycles. The van der Waals surface area contributed by atoms with Crippen LogP contribution in [0.2, 0.25) is 0 Å². The van der Waals surface area contributed by atoms with Gasteiger partial charge in [-0.05, 0) is 56.1 Å². The maximum Gasteiger partial charge on any atom is 0.279 e. The largest absolute Gasteiger partial charge is 0.354 e. The normalized spacial score (nSPS) is 19.5. The minimum Gasteiger partial charge on any atom is -0.354 e. The predicted octanol–water partition coefficient (Wildman–Crippen LogP) is 2.94. The molecule has 0 spiro atoms. The Morgan fingerprint density at radius 3 is 2.42 bits per heavy atom. The first-order valence-electron chi connectivity index (χ1n) is 8.97. The number of aromatic nitrogens is 1. The van der Waals surface area contributed by atoms with Crippen LogP contribution in [0.15, 0.2) is 18.3 Å². The van der Waals surface area contributed by atoms with Crippen molar-refractivity contribution in [3.05, 3.63) is 24.0 Å². The maximum absolute atomic E-state index is 12.6. The van der Waals surface area contributed by atoms with E-state index < -0.39 is 10.2 Å². The Morgan fingerprint density at radius 2 is 1.92 bits per heavy atom. The van der Waals surface area contributed by atoms with Gasteiger partial charge in [0.15, 0.2) is 0 Å². The second kappa shape index (κ2) is 7.58. The van der Waals surface area contributed by atoms with Crippen molar-refractivity contribution in [1.82, 2.24) is 13.6 Å². The summed E-state index contributed by atoms with van der Waals surface area (Å²) in [6, 6.07) is 4.03. The summed E-state index contributed by atoms with van der Waals surface area (Å²) in [6.45, 7) is 9.93. The van der Waals surface area contributed by atoms with Gasteiger partial charge in [-0.3, -0.25) is 0 Å². The van der Waals surface area contributed by atoms with Gasteiger partial charge in [-0.2, -0.15) is 17.4 Å². The van der Waals surface area contributed by atoms with Crippen LogP contribution in [0.5, 0.6) is 0 Å². The first-order valence-corrected chi connectivity index (χ1v) is 10.4. The molecule has 2 heterocycles. The molecule has 1 aromatic heterocycles. The van der Waals surface area contributed by atoms with Gasteiger partial charge < -0.3 is 4.57 Å². The monoisotopic (exact) mass is 355 g/mol. The summed E-state index contributed by atoms with van der Waals surface area (Å²) >= 11 is 0. The lowest BCUT2D eigenvalue weighted by Gasteiger charge is -2.38. The summed E-state index contributed by atoms with van der Waals surface area (Å²) in [6.07, 6.45) is 5.59. The van der Waals surface area contributed by atoms with Gasteiger partial charge in [0.05, 0.1) is 0 Å². The van der Waals surface area contributed by atoms with E-state index in [1.807, 2.05) is 26.2 Å². The Bertz CT molecular complexity index is 623. The Kier molecular flexibility index (Phi) is 6.15. The molecule has 0 aliphatic carbocycles. The second-order valence-corrected chi connectivity index (χ2v) is 9.91. The van der Waals surface area contributed by atoms with Gasteiger partial charge >= 0.3 is 0 Å². The lowest BCUT2D eigenvalue weighted by molar-refractivity contribution is 0.153. The molecule has 1 aromatic rings. The predicted molar refractivity (Wildman–Crippen MR) is 99.0 cm³/mol. The fraction of sp³-hybridized carbons (Fsp3) is 0.778. The van der Waals surface area contributed by atoms with Crippen molar-refractivity contribution in [2.45, 2.75) is 59.4 Å². The van der Waals surface area contributed by atoms with Gasteiger partial charge in [0.2, 0.25) is 0 Å². The molecule has 1 N–H and O–H groups in total. The molecule has 1 fully saturated rings. The number of nitrogens with one attached hydrogen (secondary N) is 1. The van der Waals surface area contributed by atoms with E-state index in [0.29, 0.717) is 19.0 Å². The van der Waals surface area contributed by atoms with E-state index in [0.717, 1.165) is 25.7 Å². The quantitative estimate of drug-likeness (QED) is 0.853. The Morgan fingerprint density at radius 1 is 1.29 bits per heavy atom. The number of nitrogens with zero attached hydrogens (tertiary/aromatic N) is 2. The summed E-state index contributed by atoms with van der Waals surface area (Å²) in [5.74, 6) is 0.596. The number of rotatable bonds is 6. The topological polar surface area (TPSA) is 54.3 Å². The molecular formula is C18H33N3O2S. The van der Waals surface area contributed by atoms with E-state index in [1.54, 1.807) is 4.31 Å². The number of piperidine rings is 1. The van der Waals surface area contributed by atoms with Gasteiger partial charge in [-0.15, -0.1) is 0 Å². The molecule has 24 heavy (non-hydrogen) atoms. The smallest absolute Gasteiger partial charge is 0.279 e.